The summed E-state index contributed by atoms with van der Waals surface area (Å²) in [6.07, 6.45) is 4.73. The van der Waals surface area contributed by atoms with Crippen LogP contribution in [0.15, 0.2) is 35.3 Å². The molecule has 2 heterocycles. The van der Waals surface area contributed by atoms with Gasteiger partial charge in [-0.05, 0) is 31.5 Å². The lowest BCUT2D eigenvalue weighted by atomic mass is 9.98. The summed E-state index contributed by atoms with van der Waals surface area (Å²) >= 11 is 0. The first-order chi connectivity index (χ1) is 9.39. The first kappa shape index (κ1) is 14.2. The summed E-state index contributed by atoms with van der Waals surface area (Å²) in [4.78, 5) is 18.0. The average molecular weight is 274 g/mol. The molecule has 0 aliphatic heterocycles. The molecule has 0 fully saturated rings. The number of aromatic nitrogens is 2. The van der Waals surface area contributed by atoms with Gasteiger partial charge >= 0.3 is 0 Å². The SMILES string of the molecule is CN(Cc1ccncc1)C(=O)c1conc1C(C)(C)N. The number of nitrogens with two attached hydrogens (primary N) is 1. The second kappa shape index (κ2) is 5.42. The number of hydrogen-bond acceptors (Lipinski definition) is 5. The summed E-state index contributed by atoms with van der Waals surface area (Å²) < 4.78 is 4.91. The molecule has 2 rings (SSSR count). The molecule has 0 aromatic carbocycles. The summed E-state index contributed by atoms with van der Waals surface area (Å²) in [5.74, 6) is -0.170. The Bertz CT molecular complexity index is 587. The van der Waals surface area contributed by atoms with Gasteiger partial charge in [0.1, 0.15) is 17.5 Å². The fourth-order valence-corrected chi connectivity index (χ4v) is 1.89. The van der Waals surface area contributed by atoms with E-state index in [1.165, 1.54) is 6.26 Å². The van der Waals surface area contributed by atoms with Gasteiger partial charge in [0.2, 0.25) is 0 Å². The molecule has 0 radical (unpaired) electrons. The van der Waals surface area contributed by atoms with Gasteiger partial charge in [-0.3, -0.25) is 9.78 Å². The topological polar surface area (TPSA) is 85.2 Å². The number of rotatable bonds is 4. The molecule has 0 saturated heterocycles. The van der Waals surface area contributed by atoms with Gasteiger partial charge in [-0.1, -0.05) is 5.16 Å². The van der Waals surface area contributed by atoms with Gasteiger partial charge in [0.25, 0.3) is 5.91 Å². The summed E-state index contributed by atoms with van der Waals surface area (Å²) in [6.45, 7) is 4.05. The molecule has 106 valence electrons. The Morgan fingerprint density at radius 1 is 1.40 bits per heavy atom. The molecule has 2 aromatic rings. The maximum Gasteiger partial charge on any atom is 0.259 e. The molecule has 0 aliphatic carbocycles. The molecule has 0 atom stereocenters. The van der Waals surface area contributed by atoms with Gasteiger partial charge in [-0.15, -0.1) is 0 Å². The minimum atomic E-state index is -0.727. The van der Waals surface area contributed by atoms with Crippen molar-refractivity contribution in [3.05, 3.63) is 47.6 Å². The highest BCUT2D eigenvalue weighted by Gasteiger charge is 2.28. The summed E-state index contributed by atoms with van der Waals surface area (Å²) in [5, 5.41) is 3.84. The summed E-state index contributed by atoms with van der Waals surface area (Å²) in [6, 6.07) is 3.73. The fourth-order valence-electron chi connectivity index (χ4n) is 1.89. The van der Waals surface area contributed by atoms with Gasteiger partial charge in [0.05, 0.1) is 5.54 Å². The predicted octanol–water partition coefficient (Wildman–Crippen LogP) is 1.54. The second-order valence-electron chi connectivity index (χ2n) is 5.32. The third-order valence-corrected chi connectivity index (χ3v) is 2.93. The van der Waals surface area contributed by atoms with Crippen LogP contribution < -0.4 is 5.73 Å². The zero-order valence-corrected chi connectivity index (χ0v) is 11.8. The van der Waals surface area contributed by atoms with Crippen LogP contribution in [0.3, 0.4) is 0 Å². The number of hydrogen-bond donors (Lipinski definition) is 1. The van der Waals surface area contributed by atoms with E-state index in [0.29, 0.717) is 17.8 Å². The quantitative estimate of drug-likeness (QED) is 0.914. The van der Waals surface area contributed by atoms with Crippen molar-refractivity contribution in [1.82, 2.24) is 15.0 Å². The molecular weight excluding hydrogens is 256 g/mol. The molecule has 0 saturated carbocycles. The first-order valence-electron chi connectivity index (χ1n) is 6.27. The van der Waals surface area contributed by atoms with E-state index in [0.717, 1.165) is 5.56 Å². The second-order valence-corrected chi connectivity index (χ2v) is 5.32. The third-order valence-electron chi connectivity index (χ3n) is 2.93. The Morgan fingerprint density at radius 3 is 2.65 bits per heavy atom. The van der Waals surface area contributed by atoms with Crippen LogP contribution in [0.4, 0.5) is 0 Å². The molecule has 2 aromatic heterocycles. The van der Waals surface area contributed by atoms with Crippen molar-refractivity contribution in [3.63, 3.8) is 0 Å². The highest BCUT2D eigenvalue weighted by molar-refractivity contribution is 5.95. The van der Waals surface area contributed by atoms with E-state index in [2.05, 4.69) is 10.1 Å². The van der Waals surface area contributed by atoms with E-state index >= 15 is 0 Å². The van der Waals surface area contributed by atoms with E-state index in [4.69, 9.17) is 10.3 Å². The molecule has 20 heavy (non-hydrogen) atoms. The van der Waals surface area contributed by atoms with E-state index in [-0.39, 0.29) is 5.91 Å². The number of carbonyl (C=O) groups is 1. The lowest BCUT2D eigenvalue weighted by Crippen LogP contribution is -2.34. The van der Waals surface area contributed by atoms with Crippen LogP contribution in [0.25, 0.3) is 0 Å². The normalized spacial score (nSPS) is 11.4. The predicted molar refractivity (Wildman–Crippen MR) is 73.8 cm³/mol. The van der Waals surface area contributed by atoms with Gasteiger partial charge in [-0.25, -0.2) is 0 Å². The smallest absolute Gasteiger partial charge is 0.259 e. The molecule has 0 aliphatic rings. The minimum Gasteiger partial charge on any atom is -0.364 e. The van der Waals surface area contributed by atoms with Gasteiger partial charge < -0.3 is 15.2 Å². The molecule has 0 spiro atoms. The van der Waals surface area contributed by atoms with Crippen molar-refractivity contribution < 1.29 is 9.32 Å². The van der Waals surface area contributed by atoms with Crippen molar-refractivity contribution in [2.45, 2.75) is 25.9 Å². The van der Waals surface area contributed by atoms with E-state index in [1.54, 1.807) is 38.2 Å². The van der Waals surface area contributed by atoms with Crippen LogP contribution in [0.2, 0.25) is 0 Å². The Labute approximate surface area is 117 Å². The van der Waals surface area contributed by atoms with Crippen LogP contribution in [-0.4, -0.2) is 28.0 Å². The van der Waals surface area contributed by atoms with Gasteiger partial charge in [-0.2, -0.15) is 0 Å². The Hall–Kier alpha value is -2.21. The van der Waals surface area contributed by atoms with Crippen molar-refractivity contribution in [2.75, 3.05) is 7.05 Å². The molecule has 0 unspecified atom stereocenters. The minimum absolute atomic E-state index is 0.170. The number of nitrogens with zero attached hydrogens (tertiary/aromatic N) is 3. The highest BCUT2D eigenvalue weighted by Crippen LogP contribution is 2.21. The largest absolute Gasteiger partial charge is 0.364 e. The number of pyridine rings is 1. The summed E-state index contributed by atoms with van der Waals surface area (Å²) in [7, 11) is 1.73. The zero-order valence-electron chi connectivity index (χ0n) is 11.8. The van der Waals surface area contributed by atoms with Crippen molar-refractivity contribution in [3.8, 4) is 0 Å². The van der Waals surface area contributed by atoms with Crippen LogP contribution >= 0.6 is 0 Å². The highest BCUT2D eigenvalue weighted by atomic mass is 16.5. The number of amides is 1. The van der Waals surface area contributed by atoms with Gasteiger partial charge in [0.15, 0.2) is 0 Å². The van der Waals surface area contributed by atoms with Gasteiger partial charge in [0, 0.05) is 26.0 Å². The lowest BCUT2D eigenvalue weighted by molar-refractivity contribution is 0.0782. The van der Waals surface area contributed by atoms with Crippen LogP contribution in [0, 0.1) is 0 Å². The maximum absolute atomic E-state index is 12.4. The van der Waals surface area contributed by atoms with E-state index < -0.39 is 5.54 Å². The molecule has 1 amide bonds. The van der Waals surface area contributed by atoms with Crippen molar-refractivity contribution in [1.29, 1.82) is 0 Å². The Kier molecular flexibility index (Phi) is 3.85. The van der Waals surface area contributed by atoms with E-state index in [9.17, 15) is 4.79 Å². The van der Waals surface area contributed by atoms with Crippen LogP contribution in [0.5, 0.6) is 0 Å². The molecule has 0 bridgehead atoms. The number of carbonyl (C=O) groups excluding carboxylic acids is 1. The molecule has 6 nitrogen and oxygen atoms in total. The fraction of sp³-hybridized carbons (Fsp3) is 0.357. The van der Waals surface area contributed by atoms with E-state index in [1.807, 2.05) is 12.1 Å². The van der Waals surface area contributed by atoms with Crippen molar-refractivity contribution >= 4 is 5.91 Å². The molecule has 6 heteroatoms. The Morgan fingerprint density at radius 2 is 2.05 bits per heavy atom. The van der Waals surface area contributed by atoms with Crippen LogP contribution in [-0.2, 0) is 12.1 Å². The summed E-state index contributed by atoms with van der Waals surface area (Å²) in [5.41, 5.74) is 7.12. The lowest BCUT2D eigenvalue weighted by Gasteiger charge is -2.20. The monoisotopic (exact) mass is 274 g/mol. The molecule has 2 N–H and O–H groups in total. The standard InChI is InChI=1S/C14H18N4O2/c1-14(2,15)12-11(9-20-17-12)13(19)18(3)8-10-4-6-16-7-5-10/h4-7,9H,8,15H2,1-3H3. The average Bonchev–Trinajstić information content (AvgIpc) is 2.88. The Balaban J connectivity index is 2.18. The van der Waals surface area contributed by atoms with Crippen molar-refractivity contribution in [2.24, 2.45) is 5.73 Å². The first-order valence-corrected chi connectivity index (χ1v) is 6.27. The van der Waals surface area contributed by atoms with Crippen LogP contribution in [0.1, 0.15) is 35.5 Å². The molecular formula is C14H18N4O2. The zero-order chi connectivity index (χ0) is 14.8. The maximum atomic E-state index is 12.4. The third kappa shape index (κ3) is 3.03.